The number of rotatable bonds is 3. The Hall–Kier alpha value is -2.78. The summed E-state index contributed by atoms with van der Waals surface area (Å²) in [5.74, 6) is 1.07. The van der Waals surface area contributed by atoms with Crippen molar-refractivity contribution in [3.63, 3.8) is 0 Å². The van der Waals surface area contributed by atoms with Crippen LogP contribution in [0.4, 0.5) is 5.82 Å². The van der Waals surface area contributed by atoms with Crippen molar-refractivity contribution in [2.24, 2.45) is 0 Å². The van der Waals surface area contributed by atoms with E-state index < -0.39 is 0 Å². The van der Waals surface area contributed by atoms with Gasteiger partial charge in [0, 0.05) is 35.4 Å². The predicted octanol–water partition coefficient (Wildman–Crippen LogP) is 6.48. The van der Waals surface area contributed by atoms with E-state index >= 15 is 0 Å². The van der Waals surface area contributed by atoms with Gasteiger partial charge in [-0.3, -0.25) is 0 Å². The maximum atomic E-state index is 6.33. The molecule has 3 nitrogen and oxygen atoms in total. The van der Waals surface area contributed by atoms with Crippen molar-refractivity contribution < 1.29 is 0 Å². The highest BCUT2D eigenvalue weighted by Crippen LogP contribution is 2.39. The zero-order valence-corrected chi connectivity index (χ0v) is 18.4. The van der Waals surface area contributed by atoms with Crippen LogP contribution in [-0.2, 0) is 13.0 Å². The average molecular weight is 416 g/mol. The maximum absolute atomic E-state index is 6.33. The Labute approximate surface area is 182 Å². The lowest BCUT2D eigenvalue weighted by atomic mass is 9.93. The molecule has 1 aliphatic rings. The molecule has 30 heavy (non-hydrogen) atoms. The van der Waals surface area contributed by atoms with E-state index in [-0.39, 0.29) is 6.04 Å². The lowest BCUT2D eigenvalue weighted by Gasteiger charge is -2.37. The van der Waals surface area contributed by atoms with E-state index in [0.717, 1.165) is 30.4 Å². The third-order valence-corrected chi connectivity index (χ3v) is 6.86. The normalized spacial score (nSPS) is 16.1. The monoisotopic (exact) mass is 415 g/mol. The molecule has 0 amide bonds. The number of benzene rings is 2. The summed E-state index contributed by atoms with van der Waals surface area (Å²) in [6, 6.07) is 19.3. The molecule has 0 saturated carbocycles. The van der Waals surface area contributed by atoms with Gasteiger partial charge in [0.15, 0.2) is 5.82 Å². The first-order chi connectivity index (χ1) is 14.5. The summed E-state index contributed by atoms with van der Waals surface area (Å²) in [7, 11) is 0. The Morgan fingerprint density at radius 3 is 2.67 bits per heavy atom. The van der Waals surface area contributed by atoms with Gasteiger partial charge >= 0.3 is 0 Å². The van der Waals surface area contributed by atoms with Crippen LogP contribution < -0.4 is 4.90 Å². The van der Waals surface area contributed by atoms with Crippen LogP contribution >= 0.6 is 11.6 Å². The number of hydrogen-bond donors (Lipinski definition) is 0. The molecule has 1 unspecified atom stereocenters. The second kappa shape index (κ2) is 7.48. The quantitative estimate of drug-likeness (QED) is 0.382. The number of pyridine rings is 1. The van der Waals surface area contributed by atoms with Gasteiger partial charge in [-0.2, -0.15) is 0 Å². The van der Waals surface area contributed by atoms with Crippen molar-refractivity contribution in [3.8, 4) is 0 Å². The molecule has 152 valence electrons. The molecular formula is C26H26ClN3. The zero-order chi connectivity index (χ0) is 20.8. The summed E-state index contributed by atoms with van der Waals surface area (Å²) in [4.78, 5) is 7.35. The van der Waals surface area contributed by atoms with Crippen LogP contribution in [0.5, 0.6) is 0 Å². The van der Waals surface area contributed by atoms with Gasteiger partial charge in [-0.05, 0) is 67.6 Å². The van der Waals surface area contributed by atoms with Crippen molar-refractivity contribution in [2.75, 3.05) is 11.4 Å². The van der Waals surface area contributed by atoms with Crippen LogP contribution in [0.3, 0.4) is 0 Å². The molecule has 5 rings (SSSR count). The van der Waals surface area contributed by atoms with Gasteiger partial charge in [0.05, 0.1) is 11.6 Å². The maximum Gasteiger partial charge on any atom is 0.153 e. The van der Waals surface area contributed by atoms with E-state index in [1.54, 1.807) is 0 Å². The van der Waals surface area contributed by atoms with Crippen molar-refractivity contribution in [3.05, 3.63) is 93.8 Å². The van der Waals surface area contributed by atoms with Crippen molar-refractivity contribution in [1.82, 2.24) is 9.55 Å². The summed E-state index contributed by atoms with van der Waals surface area (Å²) < 4.78 is 2.43. The van der Waals surface area contributed by atoms with Crippen LogP contribution in [0.25, 0.3) is 10.9 Å². The van der Waals surface area contributed by atoms with E-state index in [2.05, 4.69) is 78.8 Å². The van der Waals surface area contributed by atoms with Gasteiger partial charge in [0.2, 0.25) is 0 Å². The fraction of sp³-hybridized carbons (Fsp3) is 0.269. The summed E-state index contributed by atoms with van der Waals surface area (Å²) in [5.41, 5.74) is 7.86. The fourth-order valence-corrected chi connectivity index (χ4v) is 5.01. The number of aromatic nitrogens is 2. The first kappa shape index (κ1) is 19.2. The van der Waals surface area contributed by atoms with Crippen molar-refractivity contribution in [1.29, 1.82) is 0 Å². The first-order valence-electron chi connectivity index (χ1n) is 10.6. The van der Waals surface area contributed by atoms with Gasteiger partial charge in [-0.25, -0.2) is 4.98 Å². The van der Waals surface area contributed by atoms with Gasteiger partial charge in [-0.15, -0.1) is 0 Å². The van der Waals surface area contributed by atoms with Gasteiger partial charge in [0.1, 0.15) is 0 Å². The molecule has 0 radical (unpaired) electrons. The zero-order valence-electron chi connectivity index (χ0n) is 17.7. The van der Waals surface area contributed by atoms with Gasteiger partial charge in [0.25, 0.3) is 0 Å². The minimum atomic E-state index is 0.228. The number of anilines is 1. The molecule has 0 saturated heterocycles. The molecule has 3 heterocycles. The number of halogens is 1. The first-order valence-corrected chi connectivity index (χ1v) is 11.0. The molecule has 0 aliphatic carbocycles. The van der Waals surface area contributed by atoms with Crippen LogP contribution in [0.15, 0.2) is 60.8 Å². The van der Waals surface area contributed by atoms with E-state index in [0.29, 0.717) is 0 Å². The molecule has 2 aromatic heterocycles. The SMILES string of the molecule is Cc1c(C)n(Cc2ccccc2)c2c(N3CCc4ccc(Cl)cc4C3C)nccc12. The molecule has 0 spiro atoms. The molecule has 1 aliphatic heterocycles. The molecule has 0 bridgehead atoms. The average Bonchev–Trinajstić information content (AvgIpc) is 3.00. The molecule has 4 heteroatoms. The Bertz CT molecular complexity index is 1230. The topological polar surface area (TPSA) is 21.1 Å². The minimum Gasteiger partial charge on any atom is -0.348 e. The standard InChI is InChI=1S/C26H26ClN3/c1-17-18(2)30(16-20-7-5-4-6-8-20)25-23(17)11-13-28-26(25)29-14-12-21-9-10-22(27)15-24(21)19(29)3/h4-11,13,15,19H,12,14,16H2,1-3H3. The lowest BCUT2D eigenvalue weighted by molar-refractivity contribution is 0.617. The van der Waals surface area contributed by atoms with Crippen LogP contribution in [0.1, 0.15) is 40.9 Å². The second-order valence-corrected chi connectivity index (χ2v) is 8.71. The summed E-state index contributed by atoms with van der Waals surface area (Å²) >= 11 is 6.33. The highest BCUT2D eigenvalue weighted by atomic mass is 35.5. The minimum absolute atomic E-state index is 0.228. The third-order valence-electron chi connectivity index (χ3n) is 6.63. The molecule has 4 aromatic rings. The Balaban J connectivity index is 1.66. The highest BCUT2D eigenvalue weighted by molar-refractivity contribution is 6.30. The smallest absolute Gasteiger partial charge is 0.153 e. The van der Waals surface area contributed by atoms with Gasteiger partial charge in [-0.1, -0.05) is 48.0 Å². The van der Waals surface area contributed by atoms with Crippen molar-refractivity contribution in [2.45, 2.75) is 39.8 Å². The largest absolute Gasteiger partial charge is 0.348 e. The molecule has 0 N–H and O–H groups in total. The third kappa shape index (κ3) is 3.09. The number of nitrogens with zero attached hydrogens (tertiary/aromatic N) is 3. The molecular weight excluding hydrogens is 390 g/mol. The van der Waals surface area contributed by atoms with Crippen LogP contribution in [-0.4, -0.2) is 16.1 Å². The Morgan fingerprint density at radius 2 is 1.87 bits per heavy atom. The fourth-order valence-electron chi connectivity index (χ4n) is 4.82. The van der Waals surface area contributed by atoms with Gasteiger partial charge < -0.3 is 9.47 Å². The molecule has 2 aromatic carbocycles. The van der Waals surface area contributed by atoms with E-state index in [1.807, 2.05) is 12.3 Å². The second-order valence-electron chi connectivity index (χ2n) is 8.28. The Kier molecular flexibility index (Phi) is 4.79. The van der Waals surface area contributed by atoms with Crippen LogP contribution in [0.2, 0.25) is 5.02 Å². The summed E-state index contributed by atoms with van der Waals surface area (Å²) in [6.45, 7) is 8.50. The number of fused-ring (bicyclic) bond motifs is 2. The lowest BCUT2D eigenvalue weighted by Crippen LogP contribution is -2.35. The summed E-state index contributed by atoms with van der Waals surface area (Å²) in [5, 5.41) is 2.09. The number of hydrogen-bond acceptors (Lipinski definition) is 2. The number of aryl methyl sites for hydroxylation is 1. The predicted molar refractivity (Wildman–Crippen MR) is 126 cm³/mol. The molecule has 1 atom stereocenters. The van der Waals surface area contributed by atoms with E-state index in [9.17, 15) is 0 Å². The molecule has 0 fully saturated rings. The van der Waals surface area contributed by atoms with Crippen LogP contribution in [0, 0.1) is 13.8 Å². The Morgan fingerprint density at radius 1 is 1.07 bits per heavy atom. The van der Waals surface area contributed by atoms with Crippen molar-refractivity contribution >= 4 is 28.3 Å². The highest BCUT2D eigenvalue weighted by Gasteiger charge is 2.28. The summed E-state index contributed by atoms with van der Waals surface area (Å²) in [6.07, 6.45) is 2.96. The van der Waals surface area contributed by atoms with E-state index in [4.69, 9.17) is 16.6 Å². The van der Waals surface area contributed by atoms with E-state index in [1.165, 1.54) is 38.9 Å².